The summed E-state index contributed by atoms with van der Waals surface area (Å²) < 4.78 is 18.4. The quantitative estimate of drug-likeness (QED) is 0.557. The number of rotatable bonds is 8. The van der Waals surface area contributed by atoms with Gasteiger partial charge in [0.15, 0.2) is 0 Å². The highest BCUT2D eigenvalue weighted by Crippen LogP contribution is 2.20. The lowest BCUT2D eigenvalue weighted by Crippen LogP contribution is -2.34. The van der Waals surface area contributed by atoms with Gasteiger partial charge in [0.25, 0.3) is 5.91 Å². The Balaban J connectivity index is 1.93. The Morgan fingerprint density at radius 3 is 2.52 bits per heavy atom. The number of amides is 2. The van der Waals surface area contributed by atoms with Crippen LogP contribution in [-0.2, 0) is 14.3 Å². The largest absolute Gasteiger partial charge is 0.469 e. The van der Waals surface area contributed by atoms with E-state index >= 15 is 0 Å². The lowest BCUT2D eigenvalue weighted by Gasteiger charge is -2.18. The summed E-state index contributed by atoms with van der Waals surface area (Å²) in [5.74, 6) is -1.89. The number of ether oxygens (including phenoxy) is 1. The fourth-order valence-corrected chi connectivity index (χ4v) is 3.07. The second kappa shape index (κ2) is 10.9. The number of benzene rings is 2. The SMILES string of the molecule is COC(=O)CC(NC(=O)CCNC(=O)c1cc(F)ccc1Br)c1ccc(Cl)cc1. The fraction of sp³-hybridized carbons (Fsp3) is 0.250. The van der Waals surface area contributed by atoms with E-state index in [0.29, 0.717) is 15.1 Å². The lowest BCUT2D eigenvalue weighted by molar-refractivity contribution is -0.141. The van der Waals surface area contributed by atoms with Crippen molar-refractivity contribution in [1.29, 1.82) is 0 Å². The van der Waals surface area contributed by atoms with Crippen LogP contribution in [0.3, 0.4) is 0 Å². The van der Waals surface area contributed by atoms with Crippen LogP contribution in [0, 0.1) is 5.82 Å². The maximum atomic E-state index is 13.3. The molecule has 2 N–H and O–H groups in total. The molecule has 154 valence electrons. The van der Waals surface area contributed by atoms with Crippen molar-refractivity contribution in [3.63, 3.8) is 0 Å². The molecular formula is C20H19BrClFN2O4. The summed E-state index contributed by atoms with van der Waals surface area (Å²) in [6.07, 6.45) is -0.0730. The molecule has 0 spiro atoms. The molecule has 2 rings (SSSR count). The van der Waals surface area contributed by atoms with Gasteiger partial charge < -0.3 is 15.4 Å². The number of hydrogen-bond acceptors (Lipinski definition) is 4. The molecule has 6 nitrogen and oxygen atoms in total. The Morgan fingerprint density at radius 2 is 1.86 bits per heavy atom. The van der Waals surface area contributed by atoms with Gasteiger partial charge in [-0.1, -0.05) is 23.7 Å². The van der Waals surface area contributed by atoms with Crippen LogP contribution in [0.4, 0.5) is 4.39 Å². The minimum atomic E-state index is -0.597. The second-order valence-corrected chi connectivity index (χ2v) is 7.37. The van der Waals surface area contributed by atoms with Crippen molar-refractivity contribution in [3.05, 3.63) is 68.9 Å². The Bertz CT molecular complexity index is 893. The van der Waals surface area contributed by atoms with Gasteiger partial charge in [-0.3, -0.25) is 14.4 Å². The van der Waals surface area contributed by atoms with Gasteiger partial charge in [0.05, 0.1) is 25.1 Å². The normalized spacial score (nSPS) is 11.4. The maximum Gasteiger partial charge on any atom is 0.307 e. The van der Waals surface area contributed by atoms with E-state index in [2.05, 4.69) is 31.3 Å². The first-order chi connectivity index (χ1) is 13.8. The minimum Gasteiger partial charge on any atom is -0.469 e. The summed E-state index contributed by atoms with van der Waals surface area (Å²) in [4.78, 5) is 36.1. The molecule has 0 bridgehead atoms. The molecule has 1 unspecified atom stereocenters. The van der Waals surface area contributed by atoms with Gasteiger partial charge in [0, 0.05) is 22.5 Å². The molecule has 29 heavy (non-hydrogen) atoms. The number of hydrogen-bond donors (Lipinski definition) is 2. The predicted molar refractivity (Wildman–Crippen MR) is 110 cm³/mol. The lowest BCUT2D eigenvalue weighted by atomic mass is 10.0. The summed E-state index contributed by atoms with van der Waals surface area (Å²) in [6.45, 7) is 0.0409. The first-order valence-electron chi connectivity index (χ1n) is 8.65. The summed E-state index contributed by atoms with van der Waals surface area (Å²) in [5.41, 5.74) is 0.830. The zero-order valence-electron chi connectivity index (χ0n) is 15.5. The van der Waals surface area contributed by atoms with Gasteiger partial charge in [0.2, 0.25) is 5.91 Å². The summed E-state index contributed by atoms with van der Waals surface area (Å²) >= 11 is 9.06. The van der Waals surface area contributed by atoms with Gasteiger partial charge in [-0.05, 0) is 51.8 Å². The molecule has 0 aliphatic heterocycles. The molecule has 0 saturated heterocycles. The van der Waals surface area contributed by atoms with Gasteiger partial charge in [-0.15, -0.1) is 0 Å². The van der Waals surface area contributed by atoms with E-state index in [9.17, 15) is 18.8 Å². The number of halogens is 3. The van der Waals surface area contributed by atoms with E-state index in [1.807, 2.05) is 0 Å². The number of nitrogens with one attached hydrogen (secondary N) is 2. The topological polar surface area (TPSA) is 84.5 Å². The standard InChI is InChI=1S/C20H19BrClFN2O4/c1-29-19(27)11-17(12-2-4-13(22)5-3-12)25-18(26)8-9-24-20(28)15-10-14(23)6-7-16(15)21/h2-7,10,17H,8-9,11H2,1H3,(H,24,28)(H,25,26). The maximum absolute atomic E-state index is 13.3. The van der Waals surface area contributed by atoms with Crippen molar-refractivity contribution in [1.82, 2.24) is 10.6 Å². The van der Waals surface area contributed by atoms with E-state index in [-0.39, 0.29) is 30.9 Å². The van der Waals surface area contributed by atoms with Crippen LogP contribution in [0.2, 0.25) is 5.02 Å². The molecule has 0 fully saturated rings. The molecule has 2 aromatic carbocycles. The summed E-state index contributed by atoms with van der Waals surface area (Å²) in [7, 11) is 1.27. The monoisotopic (exact) mass is 484 g/mol. The first-order valence-corrected chi connectivity index (χ1v) is 9.82. The van der Waals surface area contributed by atoms with Crippen molar-refractivity contribution in [2.45, 2.75) is 18.9 Å². The third kappa shape index (κ3) is 7.14. The van der Waals surface area contributed by atoms with Crippen molar-refractivity contribution < 1.29 is 23.5 Å². The molecule has 0 aliphatic carbocycles. The smallest absolute Gasteiger partial charge is 0.307 e. The average molecular weight is 486 g/mol. The van der Waals surface area contributed by atoms with Crippen molar-refractivity contribution in [2.24, 2.45) is 0 Å². The predicted octanol–water partition coefficient (Wildman–Crippen LogP) is 3.78. The summed E-state index contributed by atoms with van der Waals surface area (Å²) in [6, 6.07) is 9.90. The average Bonchev–Trinajstić information content (AvgIpc) is 2.69. The molecule has 2 amide bonds. The Labute approximate surface area is 180 Å². The minimum absolute atomic E-state index is 0.0239. The van der Waals surface area contributed by atoms with Crippen LogP contribution >= 0.6 is 27.5 Å². The van der Waals surface area contributed by atoms with Gasteiger partial charge in [-0.2, -0.15) is 0 Å². The van der Waals surface area contributed by atoms with Gasteiger partial charge in [0.1, 0.15) is 5.82 Å². The first kappa shape index (κ1) is 22.8. The molecule has 0 aromatic heterocycles. The zero-order chi connectivity index (χ0) is 21.4. The highest BCUT2D eigenvalue weighted by atomic mass is 79.9. The Morgan fingerprint density at radius 1 is 1.17 bits per heavy atom. The molecule has 1 atom stereocenters. The molecule has 0 radical (unpaired) electrons. The van der Waals surface area contributed by atoms with Crippen molar-refractivity contribution in [2.75, 3.05) is 13.7 Å². The van der Waals surface area contributed by atoms with Gasteiger partial charge >= 0.3 is 5.97 Å². The van der Waals surface area contributed by atoms with Crippen molar-refractivity contribution >= 4 is 45.3 Å². The van der Waals surface area contributed by atoms with E-state index in [1.165, 1.54) is 19.2 Å². The molecule has 9 heteroatoms. The fourth-order valence-electron chi connectivity index (χ4n) is 2.52. The number of carbonyl (C=O) groups is 3. The van der Waals surface area contributed by atoms with Crippen LogP contribution in [0.1, 0.15) is 34.8 Å². The highest BCUT2D eigenvalue weighted by molar-refractivity contribution is 9.10. The van der Waals surface area contributed by atoms with Crippen molar-refractivity contribution in [3.8, 4) is 0 Å². The van der Waals surface area contributed by atoms with Crippen LogP contribution in [0.5, 0.6) is 0 Å². The summed E-state index contributed by atoms with van der Waals surface area (Å²) in [5, 5.41) is 5.84. The zero-order valence-corrected chi connectivity index (χ0v) is 17.8. The number of methoxy groups -OCH3 is 1. The van der Waals surface area contributed by atoms with E-state index in [1.54, 1.807) is 24.3 Å². The van der Waals surface area contributed by atoms with E-state index in [0.717, 1.165) is 6.07 Å². The van der Waals surface area contributed by atoms with E-state index < -0.39 is 23.7 Å². The number of esters is 1. The Hall–Kier alpha value is -2.45. The van der Waals surface area contributed by atoms with E-state index in [4.69, 9.17) is 11.6 Å². The number of carbonyl (C=O) groups excluding carboxylic acids is 3. The molecular weight excluding hydrogens is 467 g/mol. The van der Waals surface area contributed by atoms with Gasteiger partial charge in [-0.25, -0.2) is 4.39 Å². The highest BCUT2D eigenvalue weighted by Gasteiger charge is 2.19. The Kier molecular flexibility index (Phi) is 8.60. The van der Waals surface area contributed by atoms with Crippen LogP contribution in [0.25, 0.3) is 0 Å². The molecule has 0 saturated carbocycles. The molecule has 2 aromatic rings. The third-order valence-corrected chi connectivity index (χ3v) is 4.96. The molecule has 0 aliphatic rings. The van der Waals surface area contributed by atoms with Crippen LogP contribution < -0.4 is 10.6 Å². The van der Waals surface area contributed by atoms with Crippen LogP contribution in [-0.4, -0.2) is 31.4 Å². The second-order valence-electron chi connectivity index (χ2n) is 6.08. The third-order valence-electron chi connectivity index (χ3n) is 4.02. The van der Waals surface area contributed by atoms with Crippen LogP contribution in [0.15, 0.2) is 46.9 Å². The molecule has 0 heterocycles.